The minimum Gasteiger partial charge on any atom is -0.298 e. The molecule has 0 spiro atoms. The second-order valence-electron chi connectivity index (χ2n) is 2.79. The molecule has 2 atom stereocenters. The molecule has 0 aromatic heterocycles. The maximum absolute atomic E-state index is 10.7. The Balaban J connectivity index is 3.31. The molecule has 2 unspecified atom stereocenters. The molecule has 0 heterocycles. The summed E-state index contributed by atoms with van der Waals surface area (Å²) in [5.74, 6) is 0.0499. The molecule has 0 aromatic carbocycles. The normalized spacial score (nSPS) is 16.0. The Hall–Kier alpha value is 0.250. The van der Waals surface area contributed by atoms with Crippen LogP contribution in [0.15, 0.2) is 0 Å². The van der Waals surface area contributed by atoms with Crippen LogP contribution < -0.4 is 0 Å². The van der Waals surface area contributed by atoms with Gasteiger partial charge >= 0.3 is 0 Å². The monoisotopic (exact) mass is 196 g/mol. The van der Waals surface area contributed by atoms with Gasteiger partial charge in [0.05, 0.1) is 5.38 Å². The van der Waals surface area contributed by atoms with Gasteiger partial charge in [-0.05, 0) is 26.7 Å². The van der Waals surface area contributed by atoms with E-state index in [0.29, 0.717) is 0 Å². The van der Waals surface area contributed by atoms with E-state index in [2.05, 4.69) is 0 Å². The number of alkyl halides is 2. The highest BCUT2D eigenvalue weighted by atomic mass is 35.5. The number of rotatable bonds is 5. The summed E-state index contributed by atoms with van der Waals surface area (Å²) in [5.41, 5.74) is 0. The number of halogens is 2. The number of hydrogen-bond donors (Lipinski definition) is 0. The third kappa shape index (κ3) is 6.64. The maximum atomic E-state index is 10.7. The fourth-order valence-electron chi connectivity index (χ4n) is 0.782. The second-order valence-corrected chi connectivity index (χ2v) is 4.06. The molecule has 0 amide bonds. The van der Waals surface area contributed by atoms with E-state index in [1.165, 1.54) is 6.92 Å². The molecule has 0 bridgehead atoms. The molecule has 3 heteroatoms. The molecule has 0 aliphatic heterocycles. The molecule has 11 heavy (non-hydrogen) atoms. The van der Waals surface area contributed by atoms with Crippen LogP contribution in [-0.4, -0.2) is 16.5 Å². The van der Waals surface area contributed by atoms with E-state index in [1.807, 2.05) is 6.92 Å². The van der Waals surface area contributed by atoms with E-state index in [-0.39, 0.29) is 16.5 Å². The van der Waals surface area contributed by atoms with Gasteiger partial charge in [0, 0.05) is 5.38 Å². The van der Waals surface area contributed by atoms with E-state index in [9.17, 15) is 4.79 Å². The Morgan fingerprint density at radius 2 is 1.91 bits per heavy atom. The Bertz CT molecular complexity index is 123. The predicted octanol–water partition coefficient (Wildman–Crippen LogP) is 2.98. The van der Waals surface area contributed by atoms with Gasteiger partial charge in [0.15, 0.2) is 0 Å². The smallest absolute Gasteiger partial charge is 0.147 e. The number of carbonyl (C=O) groups is 1. The van der Waals surface area contributed by atoms with Gasteiger partial charge in [-0.2, -0.15) is 0 Å². The highest BCUT2D eigenvalue weighted by molar-refractivity contribution is 6.30. The summed E-state index contributed by atoms with van der Waals surface area (Å²) in [6, 6.07) is 0. The summed E-state index contributed by atoms with van der Waals surface area (Å²) in [4.78, 5) is 10.7. The third-order valence-corrected chi connectivity index (χ3v) is 2.24. The van der Waals surface area contributed by atoms with Crippen molar-refractivity contribution >= 4 is 29.0 Å². The van der Waals surface area contributed by atoms with Crippen LogP contribution in [0, 0.1) is 0 Å². The second kappa shape index (κ2) is 5.84. The summed E-state index contributed by atoms with van der Waals surface area (Å²) in [6.45, 7) is 3.46. The summed E-state index contributed by atoms with van der Waals surface area (Å²) < 4.78 is 0. The van der Waals surface area contributed by atoms with Gasteiger partial charge < -0.3 is 0 Å². The van der Waals surface area contributed by atoms with E-state index >= 15 is 0 Å². The minimum absolute atomic E-state index is 0.0499. The summed E-state index contributed by atoms with van der Waals surface area (Å²) >= 11 is 11.4. The van der Waals surface area contributed by atoms with Crippen molar-refractivity contribution in [3.05, 3.63) is 0 Å². The number of ketones is 1. The van der Waals surface area contributed by atoms with Gasteiger partial charge in [-0.1, -0.05) is 6.42 Å². The van der Waals surface area contributed by atoms with Gasteiger partial charge in [-0.3, -0.25) is 4.79 Å². The topological polar surface area (TPSA) is 17.1 Å². The Morgan fingerprint density at radius 3 is 2.27 bits per heavy atom. The summed E-state index contributed by atoms with van der Waals surface area (Å²) in [5, 5.41) is -0.128. The van der Waals surface area contributed by atoms with Crippen molar-refractivity contribution in [2.24, 2.45) is 0 Å². The summed E-state index contributed by atoms with van der Waals surface area (Å²) in [6.07, 6.45) is 2.60. The first kappa shape index (κ1) is 11.2. The Kier molecular flexibility index (Phi) is 5.98. The molecule has 0 aliphatic rings. The maximum Gasteiger partial charge on any atom is 0.147 e. The molecular formula is C8H14Cl2O. The van der Waals surface area contributed by atoms with Crippen molar-refractivity contribution in [3.63, 3.8) is 0 Å². The molecule has 66 valence electrons. The lowest BCUT2D eigenvalue weighted by Crippen LogP contribution is -2.10. The largest absolute Gasteiger partial charge is 0.298 e. The fourth-order valence-corrected chi connectivity index (χ4v) is 1.09. The fraction of sp³-hybridized carbons (Fsp3) is 0.875. The molecule has 0 saturated heterocycles. The van der Waals surface area contributed by atoms with Crippen LogP contribution in [-0.2, 0) is 4.79 Å². The van der Waals surface area contributed by atoms with Crippen LogP contribution in [0.1, 0.15) is 33.1 Å². The SMILES string of the molecule is CC(=O)C(Cl)CCCC(C)Cl. The van der Waals surface area contributed by atoms with Crippen molar-refractivity contribution in [2.45, 2.75) is 43.9 Å². The predicted molar refractivity (Wildman–Crippen MR) is 49.5 cm³/mol. The van der Waals surface area contributed by atoms with Crippen LogP contribution >= 0.6 is 23.2 Å². The quantitative estimate of drug-likeness (QED) is 0.619. The van der Waals surface area contributed by atoms with Crippen LogP contribution in [0.25, 0.3) is 0 Å². The van der Waals surface area contributed by atoms with Crippen molar-refractivity contribution in [1.82, 2.24) is 0 Å². The summed E-state index contributed by atoms with van der Waals surface area (Å²) in [7, 11) is 0. The van der Waals surface area contributed by atoms with Crippen molar-refractivity contribution < 1.29 is 4.79 Å². The van der Waals surface area contributed by atoms with Crippen LogP contribution in [0.5, 0.6) is 0 Å². The molecule has 0 fully saturated rings. The number of Topliss-reactive ketones (excluding diaryl/α,β-unsaturated/α-hetero) is 1. The van der Waals surface area contributed by atoms with Crippen molar-refractivity contribution in [3.8, 4) is 0 Å². The molecule has 0 N–H and O–H groups in total. The van der Waals surface area contributed by atoms with Crippen molar-refractivity contribution in [2.75, 3.05) is 0 Å². The van der Waals surface area contributed by atoms with Crippen LogP contribution in [0.3, 0.4) is 0 Å². The number of carbonyl (C=O) groups excluding carboxylic acids is 1. The van der Waals surface area contributed by atoms with Gasteiger partial charge in [0.1, 0.15) is 5.78 Å². The molecular weight excluding hydrogens is 183 g/mol. The molecule has 0 aliphatic carbocycles. The van der Waals surface area contributed by atoms with Crippen LogP contribution in [0.2, 0.25) is 0 Å². The Labute approximate surface area is 78.1 Å². The molecule has 0 saturated carbocycles. The lowest BCUT2D eigenvalue weighted by Gasteiger charge is -2.05. The average Bonchev–Trinajstić information content (AvgIpc) is 1.86. The van der Waals surface area contributed by atoms with E-state index in [1.54, 1.807) is 0 Å². The zero-order valence-corrected chi connectivity index (χ0v) is 8.45. The standard InChI is InChI=1S/C8H14Cl2O/c1-6(9)4-3-5-8(10)7(2)11/h6,8H,3-5H2,1-2H3. The highest BCUT2D eigenvalue weighted by Crippen LogP contribution is 2.12. The van der Waals surface area contributed by atoms with Crippen LogP contribution in [0.4, 0.5) is 0 Å². The third-order valence-electron chi connectivity index (χ3n) is 1.50. The molecule has 0 aromatic rings. The molecule has 0 rings (SSSR count). The first-order valence-electron chi connectivity index (χ1n) is 3.82. The Morgan fingerprint density at radius 1 is 1.36 bits per heavy atom. The van der Waals surface area contributed by atoms with Crippen molar-refractivity contribution in [1.29, 1.82) is 0 Å². The first-order valence-corrected chi connectivity index (χ1v) is 4.70. The van der Waals surface area contributed by atoms with E-state index in [4.69, 9.17) is 23.2 Å². The average molecular weight is 197 g/mol. The highest BCUT2D eigenvalue weighted by Gasteiger charge is 2.09. The van der Waals surface area contributed by atoms with E-state index in [0.717, 1.165) is 19.3 Å². The molecule has 1 nitrogen and oxygen atoms in total. The van der Waals surface area contributed by atoms with Gasteiger partial charge in [-0.25, -0.2) is 0 Å². The minimum atomic E-state index is -0.314. The zero-order chi connectivity index (χ0) is 8.85. The zero-order valence-electron chi connectivity index (χ0n) is 6.94. The lowest BCUT2D eigenvalue weighted by atomic mass is 10.1. The lowest BCUT2D eigenvalue weighted by molar-refractivity contribution is -0.116. The van der Waals surface area contributed by atoms with Gasteiger partial charge in [0.2, 0.25) is 0 Å². The molecule has 0 radical (unpaired) electrons. The number of hydrogen-bond acceptors (Lipinski definition) is 1. The van der Waals surface area contributed by atoms with Gasteiger partial charge in [-0.15, -0.1) is 23.2 Å². The first-order chi connectivity index (χ1) is 5.04. The van der Waals surface area contributed by atoms with E-state index < -0.39 is 0 Å². The van der Waals surface area contributed by atoms with Gasteiger partial charge in [0.25, 0.3) is 0 Å².